The molecule has 0 bridgehead atoms. The normalized spacial score (nSPS) is 16.1. The van der Waals surface area contributed by atoms with Crippen molar-refractivity contribution < 1.29 is 4.79 Å². The molecule has 1 fully saturated rings. The van der Waals surface area contributed by atoms with Crippen LogP contribution in [-0.4, -0.2) is 30.6 Å². The molecule has 0 radical (unpaired) electrons. The second kappa shape index (κ2) is 6.57. The van der Waals surface area contributed by atoms with Gasteiger partial charge in [-0.1, -0.05) is 6.42 Å². The maximum Gasteiger partial charge on any atom is 0.265 e. The van der Waals surface area contributed by atoms with E-state index in [9.17, 15) is 4.79 Å². The van der Waals surface area contributed by atoms with E-state index in [1.807, 2.05) is 30.1 Å². The molecule has 0 atom stereocenters. The number of nitrogens with zero attached hydrogens (tertiary/aromatic N) is 1. The fourth-order valence-electron chi connectivity index (χ4n) is 2.44. The molecule has 1 saturated heterocycles. The van der Waals surface area contributed by atoms with Crippen LogP contribution in [-0.2, 0) is 0 Å². The Hall–Kier alpha value is -1.55. The molecule has 1 amide bonds. The van der Waals surface area contributed by atoms with Crippen LogP contribution in [0.3, 0.4) is 0 Å². The standard InChI is InChI=1S/C15H23N3O/c1-3-16-13-7-8-14(12(2)11-13)15(19)17-18-9-5-4-6-10-18/h7-8,11,16H,3-6,9-10H2,1-2H3,(H,17,19). The van der Waals surface area contributed by atoms with E-state index in [4.69, 9.17) is 0 Å². The van der Waals surface area contributed by atoms with Crippen molar-refractivity contribution >= 4 is 11.6 Å². The van der Waals surface area contributed by atoms with Gasteiger partial charge in [-0.25, -0.2) is 5.01 Å². The molecule has 1 aliphatic heterocycles. The molecule has 0 aliphatic carbocycles. The zero-order chi connectivity index (χ0) is 13.7. The first-order valence-corrected chi connectivity index (χ1v) is 7.11. The molecule has 0 spiro atoms. The highest BCUT2D eigenvalue weighted by molar-refractivity contribution is 5.95. The van der Waals surface area contributed by atoms with Gasteiger partial charge in [0.05, 0.1) is 0 Å². The number of aryl methyl sites for hydroxylation is 1. The third kappa shape index (κ3) is 3.70. The van der Waals surface area contributed by atoms with E-state index in [0.29, 0.717) is 0 Å². The molecule has 0 aromatic heterocycles. The number of hydrazine groups is 1. The summed E-state index contributed by atoms with van der Waals surface area (Å²) in [5, 5.41) is 5.28. The monoisotopic (exact) mass is 261 g/mol. The minimum atomic E-state index is 0.00227. The number of nitrogens with one attached hydrogen (secondary N) is 2. The van der Waals surface area contributed by atoms with Crippen LogP contribution >= 0.6 is 0 Å². The van der Waals surface area contributed by atoms with E-state index in [1.54, 1.807) is 0 Å². The van der Waals surface area contributed by atoms with Gasteiger partial charge in [-0.2, -0.15) is 0 Å². The maximum absolute atomic E-state index is 12.2. The van der Waals surface area contributed by atoms with Crippen LogP contribution in [0.25, 0.3) is 0 Å². The van der Waals surface area contributed by atoms with Crippen LogP contribution in [0.15, 0.2) is 18.2 Å². The van der Waals surface area contributed by atoms with Gasteiger partial charge in [0.25, 0.3) is 5.91 Å². The molecule has 1 aromatic carbocycles. The molecular formula is C15H23N3O. The fourth-order valence-corrected chi connectivity index (χ4v) is 2.44. The first-order valence-electron chi connectivity index (χ1n) is 7.11. The number of carbonyl (C=O) groups is 1. The quantitative estimate of drug-likeness (QED) is 0.875. The first-order chi connectivity index (χ1) is 9.20. The second-order valence-electron chi connectivity index (χ2n) is 5.05. The number of rotatable bonds is 4. The van der Waals surface area contributed by atoms with Gasteiger partial charge >= 0.3 is 0 Å². The van der Waals surface area contributed by atoms with E-state index in [-0.39, 0.29) is 5.91 Å². The number of carbonyl (C=O) groups excluding carboxylic acids is 1. The number of hydrogen-bond acceptors (Lipinski definition) is 3. The molecule has 2 N–H and O–H groups in total. The summed E-state index contributed by atoms with van der Waals surface area (Å²) in [5.74, 6) is 0.00227. The van der Waals surface area contributed by atoms with Crippen molar-refractivity contribution in [2.75, 3.05) is 25.0 Å². The highest BCUT2D eigenvalue weighted by Crippen LogP contribution is 2.15. The van der Waals surface area contributed by atoms with Gasteiger partial charge in [-0.05, 0) is 50.5 Å². The topological polar surface area (TPSA) is 44.4 Å². The molecule has 19 heavy (non-hydrogen) atoms. The zero-order valence-electron chi connectivity index (χ0n) is 11.8. The Morgan fingerprint density at radius 1 is 1.26 bits per heavy atom. The summed E-state index contributed by atoms with van der Waals surface area (Å²) in [7, 11) is 0. The fraction of sp³-hybridized carbons (Fsp3) is 0.533. The van der Waals surface area contributed by atoms with E-state index >= 15 is 0 Å². The van der Waals surface area contributed by atoms with Crippen molar-refractivity contribution in [3.05, 3.63) is 29.3 Å². The van der Waals surface area contributed by atoms with Crippen molar-refractivity contribution in [3.8, 4) is 0 Å². The molecule has 0 unspecified atom stereocenters. The molecule has 2 rings (SSSR count). The van der Waals surface area contributed by atoms with E-state index < -0.39 is 0 Å². The summed E-state index contributed by atoms with van der Waals surface area (Å²) >= 11 is 0. The van der Waals surface area contributed by atoms with Crippen LogP contribution in [0, 0.1) is 6.92 Å². The number of anilines is 1. The highest BCUT2D eigenvalue weighted by atomic mass is 16.2. The molecular weight excluding hydrogens is 238 g/mol. The van der Waals surface area contributed by atoms with Crippen molar-refractivity contribution in [2.24, 2.45) is 0 Å². The van der Waals surface area contributed by atoms with Gasteiger partial charge in [0, 0.05) is 30.9 Å². The summed E-state index contributed by atoms with van der Waals surface area (Å²) in [6.07, 6.45) is 3.60. The van der Waals surface area contributed by atoms with Gasteiger partial charge in [-0.15, -0.1) is 0 Å². The number of hydrogen-bond donors (Lipinski definition) is 2. The largest absolute Gasteiger partial charge is 0.385 e. The third-order valence-corrected chi connectivity index (χ3v) is 3.47. The molecule has 0 saturated carbocycles. The van der Waals surface area contributed by atoms with Crippen LogP contribution in [0.5, 0.6) is 0 Å². The summed E-state index contributed by atoms with van der Waals surface area (Å²) in [6, 6.07) is 5.88. The Balaban J connectivity index is 2.01. The molecule has 4 heteroatoms. The number of piperidine rings is 1. The average Bonchev–Trinajstić information content (AvgIpc) is 2.40. The Bertz CT molecular complexity index is 439. The van der Waals surface area contributed by atoms with E-state index in [0.717, 1.165) is 36.4 Å². The summed E-state index contributed by atoms with van der Waals surface area (Å²) in [5.41, 5.74) is 5.83. The summed E-state index contributed by atoms with van der Waals surface area (Å²) in [4.78, 5) is 12.2. The zero-order valence-corrected chi connectivity index (χ0v) is 11.8. The SMILES string of the molecule is CCNc1ccc(C(=O)NN2CCCCC2)c(C)c1. The predicted molar refractivity (Wildman–Crippen MR) is 78.2 cm³/mol. The Labute approximate surface area is 115 Å². The lowest BCUT2D eigenvalue weighted by atomic mass is 10.1. The lowest BCUT2D eigenvalue weighted by Gasteiger charge is -2.27. The minimum absolute atomic E-state index is 0.00227. The van der Waals surface area contributed by atoms with Gasteiger partial charge in [0.15, 0.2) is 0 Å². The molecule has 1 heterocycles. The lowest BCUT2D eigenvalue weighted by molar-refractivity contribution is 0.0749. The van der Waals surface area contributed by atoms with Crippen molar-refractivity contribution in [3.63, 3.8) is 0 Å². The van der Waals surface area contributed by atoms with E-state index in [2.05, 4.69) is 17.7 Å². The van der Waals surface area contributed by atoms with Crippen molar-refractivity contribution in [1.29, 1.82) is 0 Å². The van der Waals surface area contributed by atoms with E-state index in [1.165, 1.54) is 19.3 Å². The van der Waals surface area contributed by atoms with Crippen molar-refractivity contribution in [1.82, 2.24) is 10.4 Å². The first kappa shape index (κ1) is 13.9. The molecule has 4 nitrogen and oxygen atoms in total. The average molecular weight is 261 g/mol. The summed E-state index contributed by atoms with van der Waals surface area (Å²) in [6.45, 7) is 6.84. The molecule has 104 valence electrons. The van der Waals surface area contributed by atoms with Gasteiger partial charge in [0.2, 0.25) is 0 Å². The van der Waals surface area contributed by atoms with Gasteiger partial charge < -0.3 is 5.32 Å². The highest BCUT2D eigenvalue weighted by Gasteiger charge is 2.15. The minimum Gasteiger partial charge on any atom is -0.385 e. The van der Waals surface area contributed by atoms with Crippen LogP contribution in [0.1, 0.15) is 42.1 Å². The predicted octanol–water partition coefficient (Wildman–Crippen LogP) is 2.56. The molecule has 1 aromatic rings. The van der Waals surface area contributed by atoms with Crippen LogP contribution in [0.4, 0.5) is 5.69 Å². The lowest BCUT2D eigenvalue weighted by Crippen LogP contribution is -2.45. The Morgan fingerprint density at radius 3 is 2.63 bits per heavy atom. The Morgan fingerprint density at radius 2 is 2.00 bits per heavy atom. The third-order valence-electron chi connectivity index (χ3n) is 3.47. The Kier molecular flexibility index (Phi) is 4.80. The summed E-state index contributed by atoms with van der Waals surface area (Å²) < 4.78 is 0. The van der Waals surface area contributed by atoms with Crippen LogP contribution in [0.2, 0.25) is 0 Å². The number of benzene rings is 1. The number of amides is 1. The smallest absolute Gasteiger partial charge is 0.265 e. The van der Waals surface area contributed by atoms with Crippen LogP contribution < -0.4 is 10.7 Å². The maximum atomic E-state index is 12.2. The van der Waals surface area contributed by atoms with Gasteiger partial charge in [-0.3, -0.25) is 10.2 Å². The molecule has 1 aliphatic rings. The van der Waals surface area contributed by atoms with Gasteiger partial charge in [0.1, 0.15) is 0 Å². The second-order valence-corrected chi connectivity index (χ2v) is 5.05. The van der Waals surface area contributed by atoms with Crippen molar-refractivity contribution in [2.45, 2.75) is 33.1 Å².